The maximum Gasteiger partial charge on any atom is 0.343 e. The van der Waals surface area contributed by atoms with Crippen molar-refractivity contribution in [3.8, 4) is 5.75 Å². The Balaban J connectivity index is 1.28. The van der Waals surface area contributed by atoms with Crippen LogP contribution in [0.3, 0.4) is 0 Å². The molecule has 6 heteroatoms. The van der Waals surface area contributed by atoms with Gasteiger partial charge in [0.15, 0.2) is 17.9 Å². The minimum atomic E-state index is -0.443. The second-order valence-electron chi connectivity index (χ2n) is 7.69. The number of fused-ring (bicyclic) bond motifs is 1. The van der Waals surface area contributed by atoms with Crippen LogP contribution < -0.4 is 4.74 Å². The summed E-state index contributed by atoms with van der Waals surface area (Å²) >= 11 is 0. The van der Waals surface area contributed by atoms with Gasteiger partial charge in [0, 0.05) is 10.9 Å². The summed E-state index contributed by atoms with van der Waals surface area (Å²) in [5, 5.41) is 0.940. The van der Waals surface area contributed by atoms with E-state index in [0.29, 0.717) is 37.6 Å². The molecule has 0 aliphatic carbocycles. The van der Waals surface area contributed by atoms with Crippen molar-refractivity contribution in [3.05, 3.63) is 102 Å². The maximum atomic E-state index is 11.4. The Morgan fingerprint density at radius 3 is 2.24 bits per heavy atom. The molecule has 4 aromatic rings. The van der Waals surface area contributed by atoms with Gasteiger partial charge in [-0.05, 0) is 23.6 Å². The lowest BCUT2D eigenvalue weighted by Gasteiger charge is -2.19. The minimum absolute atomic E-state index is 0.132. The van der Waals surface area contributed by atoms with Gasteiger partial charge in [-0.3, -0.25) is 0 Å². The van der Waals surface area contributed by atoms with Crippen LogP contribution in [0.5, 0.6) is 5.75 Å². The topological polar surface area (TPSA) is 67.1 Å². The average molecular weight is 461 g/mol. The van der Waals surface area contributed by atoms with Gasteiger partial charge in [-0.2, -0.15) is 0 Å². The van der Waals surface area contributed by atoms with E-state index in [1.165, 1.54) is 7.11 Å². The first-order chi connectivity index (χ1) is 16.8. The molecule has 0 radical (unpaired) electrons. The molecular formula is C28H28O6. The summed E-state index contributed by atoms with van der Waals surface area (Å²) in [5.41, 5.74) is 3.86. The summed E-state index contributed by atoms with van der Waals surface area (Å²) in [7, 11) is 1.33. The molecule has 4 rings (SSSR count). The number of furan rings is 1. The molecule has 0 atom stereocenters. The van der Waals surface area contributed by atoms with E-state index in [2.05, 4.69) is 29.0 Å². The van der Waals surface area contributed by atoms with E-state index < -0.39 is 5.97 Å². The highest BCUT2D eigenvalue weighted by Crippen LogP contribution is 2.30. The van der Waals surface area contributed by atoms with Crippen LogP contribution in [0.2, 0.25) is 0 Å². The smallest absolute Gasteiger partial charge is 0.343 e. The Hall–Kier alpha value is -3.61. The normalized spacial score (nSPS) is 11.1. The molecule has 0 saturated carbocycles. The van der Waals surface area contributed by atoms with Crippen LogP contribution in [0.25, 0.3) is 11.0 Å². The zero-order chi connectivity index (χ0) is 23.6. The molecule has 0 fully saturated rings. The Morgan fingerprint density at radius 1 is 0.853 bits per heavy atom. The third kappa shape index (κ3) is 6.04. The highest BCUT2D eigenvalue weighted by molar-refractivity contribution is 5.86. The second kappa shape index (κ2) is 12.0. The number of ether oxygens (including phenoxy) is 4. The van der Waals surface area contributed by atoms with Gasteiger partial charge in [-0.15, -0.1) is 0 Å². The standard InChI is InChI=1S/C28H28O6/c1-30-26(29)20-33-25-14-8-13-24-23(19-34-28(24)25)15-16-31-17-18-32-27(21-9-4-2-5-10-21)22-11-6-3-7-12-22/h2-14,19,27H,15-18,20H2,1H3. The predicted molar refractivity (Wildman–Crippen MR) is 129 cm³/mol. The average Bonchev–Trinajstić information content (AvgIpc) is 3.31. The Morgan fingerprint density at radius 2 is 1.56 bits per heavy atom. The molecule has 0 spiro atoms. The molecule has 0 bridgehead atoms. The summed E-state index contributed by atoms with van der Waals surface area (Å²) in [6, 6.07) is 26.0. The van der Waals surface area contributed by atoms with Crippen LogP contribution in [0, 0.1) is 0 Å². The first kappa shape index (κ1) is 23.5. The van der Waals surface area contributed by atoms with E-state index >= 15 is 0 Å². The maximum absolute atomic E-state index is 11.4. The summed E-state index contributed by atoms with van der Waals surface area (Å²) < 4.78 is 27.9. The van der Waals surface area contributed by atoms with Crippen molar-refractivity contribution in [3.63, 3.8) is 0 Å². The van der Waals surface area contributed by atoms with Crippen LogP contribution in [0.15, 0.2) is 89.5 Å². The zero-order valence-corrected chi connectivity index (χ0v) is 19.1. The molecular weight excluding hydrogens is 432 g/mol. The lowest BCUT2D eigenvalue weighted by molar-refractivity contribution is -0.142. The number of rotatable bonds is 12. The second-order valence-corrected chi connectivity index (χ2v) is 7.69. The Labute approximate surface area is 199 Å². The van der Waals surface area contributed by atoms with Gasteiger partial charge in [0.25, 0.3) is 0 Å². The summed E-state index contributed by atoms with van der Waals surface area (Å²) in [5.74, 6) is 0.0671. The molecule has 0 amide bonds. The molecule has 176 valence electrons. The number of esters is 1. The molecule has 0 aliphatic rings. The SMILES string of the molecule is COC(=O)COc1cccc2c(CCOCCOC(c3ccccc3)c3ccccc3)coc12. The number of hydrogen-bond acceptors (Lipinski definition) is 6. The number of methoxy groups -OCH3 is 1. The van der Waals surface area contributed by atoms with Gasteiger partial charge in [0.1, 0.15) is 6.10 Å². The van der Waals surface area contributed by atoms with Crippen LogP contribution in [0.1, 0.15) is 22.8 Å². The lowest BCUT2D eigenvalue weighted by Crippen LogP contribution is -2.12. The number of carbonyl (C=O) groups excluding carboxylic acids is 1. The Kier molecular flexibility index (Phi) is 8.32. The molecule has 0 saturated heterocycles. The molecule has 0 unspecified atom stereocenters. The van der Waals surface area contributed by atoms with Crippen molar-refractivity contribution >= 4 is 16.9 Å². The van der Waals surface area contributed by atoms with Gasteiger partial charge >= 0.3 is 5.97 Å². The van der Waals surface area contributed by atoms with Gasteiger partial charge in [-0.25, -0.2) is 4.79 Å². The summed E-state index contributed by atoms with van der Waals surface area (Å²) in [4.78, 5) is 11.4. The van der Waals surface area contributed by atoms with E-state index in [-0.39, 0.29) is 12.7 Å². The van der Waals surface area contributed by atoms with E-state index in [1.54, 1.807) is 12.3 Å². The van der Waals surface area contributed by atoms with Crippen molar-refractivity contribution in [2.75, 3.05) is 33.5 Å². The number of para-hydroxylation sites is 1. The van der Waals surface area contributed by atoms with Crippen molar-refractivity contribution in [1.29, 1.82) is 0 Å². The highest BCUT2D eigenvalue weighted by Gasteiger charge is 2.15. The largest absolute Gasteiger partial charge is 0.478 e. The monoisotopic (exact) mass is 460 g/mol. The van der Waals surface area contributed by atoms with E-state index in [1.807, 2.05) is 48.5 Å². The van der Waals surface area contributed by atoms with E-state index in [0.717, 1.165) is 22.1 Å². The van der Waals surface area contributed by atoms with Gasteiger partial charge in [0.2, 0.25) is 0 Å². The first-order valence-electron chi connectivity index (χ1n) is 11.2. The Bertz CT molecular complexity index is 1130. The van der Waals surface area contributed by atoms with Crippen LogP contribution >= 0.6 is 0 Å². The summed E-state index contributed by atoms with van der Waals surface area (Å²) in [6.45, 7) is 1.33. The zero-order valence-electron chi connectivity index (χ0n) is 19.1. The molecule has 0 aliphatic heterocycles. The van der Waals surface area contributed by atoms with Gasteiger partial charge in [0.05, 0.1) is 33.2 Å². The molecule has 3 aromatic carbocycles. The molecule has 6 nitrogen and oxygen atoms in total. The van der Waals surface area contributed by atoms with Crippen molar-refractivity contribution in [1.82, 2.24) is 0 Å². The number of benzene rings is 3. The van der Waals surface area contributed by atoms with Gasteiger partial charge < -0.3 is 23.4 Å². The number of carbonyl (C=O) groups is 1. The quantitative estimate of drug-likeness (QED) is 0.210. The van der Waals surface area contributed by atoms with Crippen LogP contribution in [-0.2, 0) is 25.4 Å². The summed E-state index contributed by atoms with van der Waals surface area (Å²) in [6.07, 6.45) is 2.26. The van der Waals surface area contributed by atoms with Crippen molar-refractivity contribution in [2.45, 2.75) is 12.5 Å². The van der Waals surface area contributed by atoms with Crippen molar-refractivity contribution in [2.24, 2.45) is 0 Å². The molecule has 1 heterocycles. The number of hydrogen-bond donors (Lipinski definition) is 0. The van der Waals surface area contributed by atoms with Gasteiger partial charge in [-0.1, -0.05) is 72.8 Å². The minimum Gasteiger partial charge on any atom is -0.478 e. The predicted octanol–water partition coefficient (Wildman–Crippen LogP) is 5.35. The molecule has 34 heavy (non-hydrogen) atoms. The van der Waals surface area contributed by atoms with Crippen molar-refractivity contribution < 1.29 is 28.2 Å². The lowest BCUT2D eigenvalue weighted by atomic mass is 10.0. The fraction of sp³-hybridized carbons (Fsp3) is 0.250. The first-order valence-corrected chi connectivity index (χ1v) is 11.2. The van der Waals surface area contributed by atoms with Crippen LogP contribution in [-0.4, -0.2) is 39.5 Å². The molecule has 0 N–H and O–H groups in total. The van der Waals surface area contributed by atoms with Crippen LogP contribution in [0.4, 0.5) is 0 Å². The third-order valence-electron chi connectivity index (χ3n) is 5.45. The van der Waals surface area contributed by atoms with E-state index in [4.69, 9.17) is 18.6 Å². The fourth-order valence-electron chi connectivity index (χ4n) is 3.74. The third-order valence-corrected chi connectivity index (χ3v) is 5.45. The van der Waals surface area contributed by atoms with E-state index in [9.17, 15) is 4.79 Å². The molecule has 1 aromatic heterocycles. The fourth-order valence-corrected chi connectivity index (χ4v) is 3.74. The highest BCUT2D eigenvalue weighted by atomic mass is 16.6.